The molecule has 0 aromatic heterocycles. The molecular weight excluding hydrogens is 209 g/mol. The van der Waals surface area contributed by atoms with Gasteiger partial charge in [0.05, 0.1) is 6.61 Å². The Labute approximate surface area is 89.1 Å². The first-order valence-corrected chi connectivity index (χ1v) is 4.22. The molecule has 1 aromatic rings. The van der Waals surface area contributed by atoms with Crippen molar-refractivity contribution >= 4 is 24.0 Å². The van der Waals surface area contributed by atoms with Gasteiger partial charge in [-0.25, -0.2) is 0 Å². The topological polar surface area (TPSA) is 46.2 Å². The fourth-order valence-corrected chi connectivity index (χ4v) is 1.40. The number of benzene rings is 1. The summed E-state index contributed by atoms with van der Waals surface area (Å²) in [6, 6.07) is 7.43. The molecule has 0 radical (unpaired) electrons. The van der Waals surface area contributed by atoms with Crippen molar-refractivity contribution in [2.24, 2.45) is 5.73 Å². The highest BCUT2D eigenvalue weighted by Crippen LogP contribution is 2.22. The van der Waals surface area contributed by atoms with Crippen LogP contribution in [0.1, 0.15) is 11.5 Å². The smallest absolute Gasteiger partial charge is 0.0512 e. The van der Waals surface area contributed by atoms with E-state index in [1.165, 1.54) is 0 Å². The summed E-state index contributed by atoms with van der Waals surface area (Å²) in [5.41, 5.74) is 6.39. The molecule has 4 heteroatoms. The summed E-state index contributed by atoms with van der Waals surface area (Å²) in [4.78, 5) is 0. The van der Waals surface area contributed by atoms with Crippen molar-refractivity contribution in [3.8, 4) is 0 Å². The standard InChI is InChI=1S/C9H12ClNO.ClH/c10-9-4-2-1-3-8(9)7(5-11)6-12;/h1-4,7,12H,5-6,11H2;1H. The molecule has 2 nitrogen and oxygen atoms in total. The van der Waals surface area contributed by atoms with Gasteiger partial charge in [-0.3, -0.25) is 0 Å². The zero-order valence-electron chi connectivity index (χ0n) is 7.11. The Balaban J connectivity index is 0.00000144. The molecule has 1 atom stereocenters. The van der Waals surface area contributed by atoms with E-state index in [-0.39, 0.29) is 24.9 Å². The first kappa shape index (κ1) is 12.7. The average molecular weight is 222 g/mol. The molecule has 0 aliphatic carbocycles. The molecule has 13 heavy (non-hydrogen) atoms. The molecule has 1 unspecified atom stereocenters. The largest absolute Gasteiger partial charge is 0.396 e. The summed E-state index contributed by atoms with van der Waals surface area (Å²) < 4.78 is 0. The first-order valence-electron chi connectivity index (χ1n) is 3.85. The van der Waals surface area contributed by atoms with E-state index in [4.69, 9.17) is 22.4 Å². The number of aliphatic hydroxyl groups is 1. The Hall–Kier alpha value is -0.280. The highest BCUT2D eigenvalue weighted by Gasteiger charge is 2.10. The van der Waals surface area contributed by atoms with Gasteiger partial charge in [0.1, 0.15) is 0 Å². The Bertz CT molecular complexity index is 251. The third-order valence-corrected chi connectivity index (χ3v) is 2.19. The van der Waals surface area contributed by atoms with E-state index in [9.17, 15) is 0 Å². The monoisotopic (exact) mass is 221 g/mol. The summed E-state index contributed by atoms with van der Waals surface area (Å²) in [7, 11) is 0. The lowest BCUT2D eigenvalue weighted by Gasteiger charge is -2.12. The van der Waals surface area contributed by atoms with Gasteiger partial charge in [-0.2, -0.15) is 0 Å². The molecule has 0 fully saturated rings. The van der Waals surface area contributed by atoms with Crippen LogP contribution in [-0.2, 0) is 0 Å². The van der Waals surface area contributed by atoms with E-state index in [2.05, 4.69) is 0 Å². The number of rotatable bonds is 3. The van der Waals surface area contributed by atoms with Crippen LogP contribution < -0.4 is 5.73 Å². The van der Waals surface area contributed by atoms with Gasteiger partial charge in [-0.1, -0.05) is 29.8 Å². The van der Waals surface area contributed by atoms with Crippen molar-refractivity contribution in [3.05, 3.63) is 34.9 Å². The molecule has 0 aliphatic rings. The lowest BCUT2D eigenvalue weighted by molar-refractivity contribution is 0.268. The van der Waals surface area contributed by atoms with Crippen LogP contribution in [0.3, 0.4) is 0 Å². The van der Waals surface area contributed by atoms with Gasteiger partial charge < -0.3 is 10.8 Å². The van der Waals surface area contributed by atoms with Gasteiger partial charge in [-0.15, -0.1) is 12.4 Å². The third-order valence-electron chi connectivity index (χ3n) is 1.85. The summed E-state index contributed by atoms with van der Waals surface area (Å²) in [5, 5.41) is 9.63. The van der Waals surface area contributed by atoms with Gasteiger partial charge in [0.2, 0.25) is 0 Å². The van der Waals surface area contributed by atoms with Gasteiger partial charge >= 0.3 is 0 Å². The molecule has 0 bridgehead atoms. The summed E-state index contributed by atoms with van der Waals surface area (Å²) in [6.07, 6.45) is 0. The van der Waals surface area contributed by atoms with E-state index in [1.54, 1.807) is 6.07 Å². The highest BCUT2D eigenvalue weighted by molar-refractivity contribution is 6.31. The number of nitrogens with two attached hydrogens (primary N) is 1. The molecule has 0 heterocycles. The van der Waals surface area contributed by atoms with Crippen LogP contribution in [0, 0.1) is 0 Å². The van der Waals surface area contributed by atoms with E-state index < -0.39 is 0 Å². The van der Waals surface area contributed by atoms with Crippen molar-refractivity contribution in [3.63, 3.8) is 0 Å². The predicted octanol–water partition coefficient (Wildman–Crippen LogP) is 1.80. The van der Waals surface area contributed by atoms with Crippen molar-refractivity contribution in [2.45, 2.75) is 5.92 Å². The Morgan fingerprint density at radius 2 is 2.00 bits per heavy atom. The molecular formula is C9H13Cl2NO. The second kappa shape index (κ2) is 6.22. The average Bonchev–Trinajstić information content (AvgIpc) is 2.10. The minimum Gasteiger partial charge on any atom is -0.396 e. The second-order valence-electron chi connectivity index (χ2n) is 2.64. The van der Waals surface area contributed by atoms with Crippen LogP contribution in [0.5, 0.6) is 0 Å². The van der Waals surface area contributed by atoms with Crippen LogP contribution in [0.15, 0.2) is 24.3 Å². The maximum Gasteiger partial charge on any atom is 0.0512 e. The zero-order chi connectivity index (χ0) is 8.97. The van der Waals surface area contributed by atoms with Gasteiger partial charge in [-0.05, 0) is 11.6 Å². The number of hydrogen-bond acceptors (Lipinski definition) is 2. The predicted molar refractivity (Wildman–Crippen MR) is 57.6 cm³/mol. The van der Waals surface area contributed by atoms with Gasteiger partial charge in [0, 0.05) is 17.5 Å². The van der Waals surface area contributed by atoms with E-state index in [0.717, 1.165) is 5.56 Å². The Morgan fingerprint density at radius 3 is 2.46 bits per heavy atom. The molecule has 0 saturated carbocycles. The Morgan fingerprint density at radius 1 is 1.38 bits per heavy atom. The number of halogens is 2. The van der Waals surface area contributed by atoms with Crippen LogP contribution in [0.4, 0.5) is 0 Å². The van der Waals surface area contributed by atoms with Gasteiger partial charge in [0.25, 0.3) is 0 Å². The van der Waals surface area contributed by atoms with E-state index in [1.807, 2.05) is 18.2 Å². The molecule has 0 aliphatic heterocycles. The lowest BCUT2D eigenvalue weighted by Crippen LogP contribution is -2.16. The van der Waals surface area contributed by atoms with Crippen LogP contribution >= 0.6 is 24.0 Å². The van der Waals surface area contributed by atoms with Crippen LogP contribution in [0.25, 0.3) is 0 Å². The molecule has 1 aromatic carbocycles. The van der Waals surface area contributed by atoms with Crippen molar-refractivity contribution in [1.82, 2.24) is 0 Å². The lowest BCUT2D eigenvalue weighted by atomic mass is 10.0. The second-order valence-corrected chi connectivity index (χ2v) is 3.04. The van der Waals surface area contributed by atoms with Crippen LogP contribution in [-0.4, -0.2) is 18.3 Å². The zero-order valence-corrected chi connectivity index (χ0v) is 8.68. The number of hydrogen-bond donors (Lipinski definition) is 2. The quantitative estimate of drug-likeness (QED) is 0.818. The van der Waals surface area contributed by atoms with Gasteiger partial charge in [0.15, 0.2) is 0 Å². The molecule has 0 saturated heterocycles. The maximum absolute atomic E-state index is 8.97. The summed E-state index contributed by atoms with van der Waals surface area (Å²) in [6.45, 7) is 0.459. The SMILES string of the molecule is Cl.NCC(CO)c1ccccc1Cl. The molecule has 3 N–H and O–H groups in total. The highest BCUT2D eigenvalue weighted by atomic mass is 35.5. The molecule has 0 spiro atoms. The Kier molecular flexibility index (Phi) is 6.08. The van der Waals surface area contributed by atoms with Crippen molar-refractivity contribution in [2.75, 3.05) is 13.2 Å². The normalized spacial score (nSPS) is 11.9. The minimum absolute atomic E-state index is 0. The summed E-state index contributed by atoms with van der Waals surface area (Å²) >= 11 is 5.91. The van der Waals surface area contributed by atoms with Crippen molar-refractivity contribution < 1.29 is 5.11 Å². The summed E-state index contributed by atoms with van der Waals surface area (Å²) in [5.74, 6) is -0.0429. The molecule has 74 valence electrons. The molecule has 1 rings (SSSR count). The van der Waals surface area contributed by atoms with Crippen LogP contribution in [0.2, 0.25) is 5.02 Å². The molecule has 0 amide bonds. The fraction of sp³-hybridized carbons (Fsp3) is 0.333. The maximum atomic E-state index is 8.97. The fourth-order valence-electron chi connectivity index (χ4n) is 1.11. The van der Waals surface area contributed by atoms with E-state index in [0.29, 0.717) is 11.6 Å². The number of aliphatic hydroxyl groups excluding tert-OH is 1. The van der Waals surface area contributed by atoms with E-state index >= 15 is 0 Å². The van der Waals surface area contributed by atoms with Crippen molar-refractivity contribution in [1.29, 1.82) is 0 Å². The first-order chi connectivity index (χ1) is 5.79. The third kappa shape index (κ3) is 3.16. The minimum atomic E-state index is -0.0429.